The van der Waals surface area contributed by atoms with Gasteiger partial charge in [-0.2, -0.15) is 0 Å². The molecule has 0 unspecified atom stereocenters. The molecule has 0 radical (unpaired) electrons. The number of aromatic amines is 1. The maximum absolute atomic E-state index is 13.0. The van der Waals surface area contributed by atoms with Gasteiger partial charge in [-0.15, -0.1) is 0 Å². The third kappa shape index (κ3) is 11.0. The highest BCUT2D eigenvalue weighted by atomic mass is 16.6. The van der Waals surface area contributed by atoms with Gasteiger partial charge in [0, 0.05) is 13.1 Å². The number of carbonyl (C=O) groups is 4. The first-order chi connectivity index (χ1) is 17.7. The molecule has 2 rings (SSSR count). The second-order valence-corrected chi connectivity index (χ2v) is 10.8. The minimum absolute atomic E-state index is 0.0112. The standard InChI is InChI=1S/C27H39N5O6/c1-26(2,3)37-24(35)19(14-10-11-15-28-25(36)38-27(4,5)6)32-23(34)21-20(30-17-31-21)22(33)29-16-18-12-8-7-9-13-18/h7-9,12-13,17,19H,10-11,14-16H2,1-6H3,(H,28,36)(H,29,33)(H,30,31)(H,32,34)/t19-/m0/s1. The second-order valence-electron chi connectivity index (χ2n) is 10.8. The Kier molecular flexibility index (Phi) is 10.9. The summed E-state index contributed by atoms with van der Waals surface area (Å²) in [4.78, 5) is 57.1. The maximum Gasteiger partial charge on any atom is 0.407 e. The molecule has 11 nitrogen and oxygen atoms in total. The van der Waals surface area contributed by atoms with Crippen LogP contribution in [-0.2, 0) is 20.8 Å². The molecule has 0 aliphatic heterocycles. The molecule has 1 aromatic heterocycles. The minimum atomic E-state index is -0.972. The number of ether oxygens (including phenoxy) is 2. The normalized spacial score (nSPS) is 12.3. The van der Waals surface area contributed by atoms with Crippen LogP contribution < -0.4 is 16.0 Å². The number of carbonyl (C=O) groups excluding carboxylic acids is 4. The predicted octanol–water partition coefficient (Wildman–Crippen LogP) is 3.47. The van der Waals surface area contributed by atoms with Gasteiger partial charge in [0.1, 0.15) is 22.9 Å². The predicted molar refractivity (Wildman–Crippen MR) is 141 cm³/mol. The third-order valence-corrected chi connectivity index (χ3v) is 4.96. The van der Waals surface area contributed by atoms with Gasteiger partial charge in [-0.3, -0.25) is 9.59 Å². The van der Waals surface area contributed by atoms with Gasteiger partial charge >= 0.3 is 12.1 Å². The molecule has 0 fully saturated rings. The quantitative estimate of drug-likeness (QED) is 0.257. The highest BCUT2D eigenvalue weighted by Crippen LogP contribution is 2.13. The van der Waals surface area contributed by atoms with Crippen LogP contribution in [0.4, 0.5) is 4.79 Å². The van der Waals surface area contributed by atoms with Crippen molar-refractivity contribution in [2.45, 2.75) is 84.6 Å². The minimum Gasteiger partial charge on any atom is -0.458 e. The summed E-state index contributed by atoms with van der Waals surface area (Å²) >= 11 is 0. The van der Waals surface area contributed by atoms with Gasteiger partial charge in [-0.25, -0.2) is 14.6 Å². The molecule has 0 aliphatic rings. The first-order valence-corrected chi connectivity index (χ1v) is 12.6. The lowest BCUT2D eigenvalue weighted by molar-refractivity contribution is -0.157. The molecule has 1 heterocycles. The molecule has 0 saturated heterocycles. The smallest absolute Gasteiger partial charge is 0.407 e. The molecular formula is C27H39N5O6. The number of amides is 3. The van der Waals surface area contributed by atoms with Crippen molar-refractivity contribution in [3.63, 3.8) is 0 Å². The van der Waals surface area contributed by atoms with Gasteiger partial charge < -0.3 is 30.4 Å². The van der Waals surface area contributed by atoms with Crippen molar-refractivity contribution >= 4 is 23.9 Å². The lowest BCUT2D eigenvalue weighted by Crippen LogP contribution is -2.45. The van der Waals surface area contributed by atoms with E-state index in [2.05, 4.69) is 25.9 Å². The Bertz CT molecular complexity index is 1090. The molecule has 1 aromatic carbocycles. The van der Waals surface area contributed by atoms with Gasteiger partial charge in [-0.1, -0.05) is 30.3 Å². The molecule has 11 heteroatoms. The molecule has 208 valence electrons. The van der Waals surface area contributed by atoms with Crippen molar-refractivity contribution in [3.8, 4) is 0 Å². The first kappa shape index (κ1) is 30.3. The number of H-pyrrole nitrogens is 1. The van der Waals surface area contributed by atoms with E-state index >= 15 is 0 Å². The van der Waals surface area contributed by atoms with E-state index in [0.29, 0.717) is 19.4 Å². The first-order valence-electron chi connectivity index (χ1n) is 12.6. The zero-order chi connectivity index (χ0) is 28.3. The van der Waals surface area contributed by atoms with E-state index in [4.69, 9.17) is 9.47 Å². The molecule has 4 N–H and O–H groups in total. The van der Waals surface area contributed by atoms with Crippen LogP contribution in [0.5, 0.6) is 0 Å². The Morgan fingerprint density at radius 1 is 0.895 bits per heavy atom. The number of nitrogens with one attached hydrogen (secondary N) is 4. The SMILES string of the molecule is CC(C)(C)OC(=O)NCCCC[C@H](NC(=O)c1nc[nH]c1C(=O)NCc1ccccc1)C(=O)OC(C)(C)C. The summed E-state index contributed by atoms with van der Waals surface area (Å²) in [6.45, 7) is 11.1. The number of unbranched alkanes of at least 4 members (excludes halogenated alkanes) is 1. The van der Waals surface area contributed by atoms with Gasteiger partial charge in [0.15, 0.2) is 5.69 Å². The molecular weight excluding hydrogens is 490 g/mol. The van der Waals surface area contributed by atoms with Crippen molar-refractivity contribution in [1.82, 2.24) is 25.9 Å². The van der Waals surface area contributed by atoms with Crippen molar-refractivity contribution in [2.24, 2.45) is 0 Å². The van der Waals surface area contributed by atoms with E-state index in [1.165, 1.54) is 6.33 Å². The summed E-state index contributed by atoms with van der Waals surface area (Å²) in [5, 5.41) is 8.07. The summed E-state index contributed by atoms with van der Waals surface area (Å²) in [6, 6.07) is 8.37. The number of benzene rings is 1. The van der Waals surface area contributed by atoms with Crippen LogP contribution in [-0.4, -0.2) is 57.6 Å². The van der Waals surface area contributed by atoms with Gasteiger partial charge in [0.25, 0.3) is 11.8 Å². The van der Waals surface area contributed by atoms with Crippen LogP contribution in [0.3, 0.4) is 0 Å². The van der Waals surface area contributed by atoms with E-state index in [9.17, 15) is 19.2 Å². The number of rotatable bonds is 11. The Morgan fingerprint density at radius 2 is 1.55 bits per heavy atom. The average molecular weight is 530 g/mol. The highest BCUT2D eigenvalue weighted by molar-refractivity contribution is 6.05. The van der Waals surface area contributed by atoms with Gasteiger partial charge in [0.2, 0.25) is 0 Å². The fourth-order valence-corrected chi connectivity index (χ4v) is 3.33. The zero-order valence-electron chi connectivity index (χ0n) is 23.0. The van der Waals surface area contributed by atoms with Crippen LogP contribution in [0.15, 0.2) is 36.7 Å². The largest absolute Gasteiger partial charge is 0.458 e. The molecule has 38 heavy (non-hydrogen) atoms. The van der Waals surface area contributed by atoms with Crippen LogP contribution in [0.2, 0.25) is 0 Å². The number of esters is 1. The molecule has 3 amide bonds. The Hall–Kier alpha value is -3.89. The molecule has 0 saturated carbocycles. The van der Waals surface area contributed by atoms with E-state index in [0.717, 1.165) is 5.56 Å². The van der Waals surface area contributed by atoms with Crippen molar-refractivity contribution in [3.05, 3.63) is 53.6 Å². The van der Waals surface area contributed by atoms with Crippen LogP contribution in [0.25, 0.3) is 0 Å². The van der Waals surface area contributed by atoms with Crippen LogP contribution in [0.1, 0.15) is 87.3 Å². The van der Waals surface area contributed by atoms with Crippen molar-refractivity contribution in [1.29, 1.82) is 0 Å². The average Bonchev–Trinajstić information content (AvgIpc) is 3.30. The van der Waals surface area contributed by atoms with Crippen LogP contribution >= 0.6 is 0 Å². The Labute approximate surface area is 223 Å². The highest BCUT2D eigenvalue weighted by Gasteiger charge is 2.29. The molecule has 1 atom stereocenters. The summed E-state index contributed by atoms with van der Waals surface area (Å²) in [5.74, 6) is -1.78. The summed E-state index contributed by atoms with van der Waals surface area (Å²) < 4.78 is 10.7. The summed E-state index contributed by atoms with van der Waals surface area (Å²) in [6.07, 6.45) is 2.04. The number of hydrogen-bond donors (Lipinski definition) is 4. The topological polar surface area (TPSA) is 152 Å². The molecule has 2 aromatic rings. The fourth-order valence-electron chi connectivity index (χ4n) is 3.33. The number of imidazole rings is 1. The molecule has 0 bridgehead atoms. The lowest BCUT2D eigenvalue weighted by Gasteiger charge is -2.24. The third-order valence-electron chi connectivity index (χ3n) is 4.96. The molecule has 0 spiro atoms. The van der Waals surface area contributed by atoms with Crippen molar-refractivity contribution in [2.75, 3.05) is 6.54 Å². The number of aromatic nitrogens is 2. The lowest BCUT2D eigenvalue weighted by atomic mass is 10.1. The van der Waals surface area contributed by atoms with E-state index in [-0.39, 0.29) is 24.4 Å². The molecule has 0 aliphatic carbocycles. The number of nitrogens with zero attached hydrogens (tertiary/aromatic N) is 1. The van der Waals surface area contributed by atoms with Gasteiger partial charge in [-0.05, 0) is 66.4 Å². The zero-order valence-corrected chi connectivity index (χ0v) is 23.0. The monoisotopic (exact) mass is 529 g/mol. The number of alkyl carbamates (subject to hydrolysis) is 1. The van der Waals surface area contributed by atoms with E-state index < -0.39 is 41.1 Å². The van der Waals surface area contributed by atoms with Gasteiger partial charge in [0.05, 0.1) is 6.33 Å². The summed E-state index contributed by atoms with van der Waals surface area (Å²) in [7, 11) is 0. The number of hydrogen-bond acceptors (Lipinski definition) is 7. The summed E-state index contributed by atoms with van der Waals surface area (Å²) in [5.41, 5.74) is -0.594. The fraction of sp³-hybridized carbons (Fsp3) is 0.519. The van der Waals surface area contributed by atoms with Crippen LogP contribution in [0, 0.1) is 0 Å². The van der Waals surface area contributed by atoms with Crippen molar-refractivity contribution < 1.29 is 28.7 Å². The van der Waals surface area contributed by atoms with E-state index in [1.807, 2.05) is 30.3 Å². The van der Waals surface area contributed by atoms with E-state index in [1.54, 1.807) is 41.5 Å². The second kappa shape index (κ2) is 13.6. The Balaban J connectivity index is 1.99. The maximum atomic E-state index is 13.0. The Morgan fingerprint density at radius 3 is 2.18 bits per heavy atom.